The largest absolute Gasteiger partial charge is 0.459 e. The second kappa shape index (κ2) is 15.5. The molecule has 4 aliphatic rings. The van der Waals surface area contributed by atoms with Crippen molar-refractivity contribution in [3.63, 3.8) is 0 Å². The number of carbonyl (C=O) groups is 1. The molecule has 304 valence electrons. The number of alkyl halides is 1. The van der Waals surface area contributed by atoms with E-state index >= 15 is 4.39 Å². The number of likely N-dealkylation sites (N-methyl/N-ethyl adjacent to an activating group) is 1. The number of aliphatic hydroxyl groups excluding tert-OH is 3. The maximum atomic E-state index is 17.1. The van der Waals surface area contributed by atoms with E-state index in [1.54, 1.807) is 41.5 Å². The fraction of sp³-hybridized carbons (Fsp3) is 0.973. The highest BCUT2D eigenvalue weighted by Gasteiger charge is 2.70. The lowest BCUT2D eigenvalue weighted by Crippen LogP contribution is -2.62. The molecule has 15 heteroatoms. The number of cyclic esters (lactones) is 1. The number of carbonyl (C=O) groups excluding carboxylic acids is 1. The molecule has 4 rings (SSSR count). The average molecular weight is 752 g/mol. The summed E-state index contributed by atoms with van der Waals surface area (Å²) in [6.07, 6.45) is -10.7. The molecule has 19 atom stereocenters. The smallest absolute Gasteiger partial charge is 0.311 e. The molecule has 2 bridgehead atoms. The maximum Gasteiger partial charge on any atom is 0.311 e. The van der Waals surface area contributed by atoms with Gasteiger partial charge in [-0.1, -0.05) is 20.8 Å². The van der Waals surface area contributed by atoms with Gasteiger partial charge in [0.1, 0.15) is 23.9 Å². The molecule has 0 spiro atoms. The number of ether oxygens (including phenoxy) is 7. The Labute approximate surface area is 308 Å². The third kappa shape index (κ3) is 7.81. The summed E-state index contributed by atoms with van der Waals surface area (Å²) < 4.78 is 60.8. The highest BCUT2D eigenvalue weighted by atomic mass is 19.1. The first-order chi connectivity index (χ1) is 23.8. The fourth-order valence-corrected chi connectivity index (χ4v) is 9.18. The van der Waals surface area contributed by atoms with Crippen molar-refractivity contribution in [3.8, 4) is 0 Å². The van der Waals surface area contributed by atoms with Gasteiger partial charge in [0.15, 0.2) is 18.2 Å². The Hall–Kier alpha value is -1.08. The second-order valence-electron chi connectivity index (χ2n) is 17.1. The average Bonchev–Trinajstić information content (AvgIpc) is 3.26. The Morgan fingerprint density at radius 3 is 2.13 bits per heavy atom. The van der Waals surface area contributed by atoms with Gasteiger partial charge in [0.25, 0.3) is 0 Å². The molecule has 0 saturated carbocycles. The van der Waals surface area contributed by atoms with Crippen LogP contribution in [-0.4, -0.2) is 153 Å². The van der Waals surface area contributed by atoms with E-state index in [0.717, 1.165) is 0 Å². The number of nitrogens with zero attached hydrogens (tertiary/aromatic N) is 1. The predicted molar refractivity (Wildman–Crippen MR) is 185 cm³/mol. The Morgan fingerprint density at radius 2 is 1.58 bits per heavy atom. The van der Waals surface area contributed by atoms with Gasteiger partial charge < -0.3 is 63.6 Å². The molecule has 52 heavy (non-hydrogen) atoms. The molecule has 0 amide bonds. The summed E-state index contributed by atoms with van der Waals surface area (Å²) in [5.41, 5.74) is -7.43. The van der Waals surface area contributed by atoms with Crippen LogP contribution in [0.15, 0.2) is 0 Å². The normalized spacial score (nSPS) is 53.9. The molecule has 5 N–H and O–H groups in total. The SMILES string of the molecule is CC[C@H]1OC(=O)[C@H](C)[C@@H](OC2C[C@@](C)(OC)[C@@H](O)[C@H](C)O2)[C@H](C)[C@@H](O[C@@H]2O[C@H](C)C[C@H](N(C)C)[C@H]2O)C2(C)C[C@](C)(F)[C@](O)(O2)[C@H](C)[C@@H](O)[C@]1(C)O. The number of methoxy groups -OCH3 is 1. The zero-order valence-electron chi connectivity index (χ0n) is 33.2. The molecule has 2 unspecified atom stereocenters. The summed E-state index contributed by atoms with van der Waals surface area (Å²) in [4.78, 5) is 16.0. The minimum atomic E-state index is -2.67. The molecular formula is C37H66FNO13. The summed E-state index contributed by atoms with van der Waals surface area (Å²) in [5.74, 6) is -6.86. The maximum absolute atomic E-state index is 17.1. The first kappa shape index (κ1) is 43.6. The first-order valence-electron chi connectivity index (χ1n) is 18.7. The Kier molecular flexibility index (Phi) is 13.0. The van der Waals surface area contributed by atoms with Gasteiger partial charge in [0.2, 0.25) is 5.79 Å². The summed E-state index contributed by atoms with van der Waals surface area (Å²) in [7, 11) is 5.14. The molecule has 0 aromatic carbocycles. The summed E-state index contributed by atoms with van der Waals surface area (Å²) >= 11 is 0. The van der Waals surface area contributed by atoms with Gasteiger partial charge in [-0.05, 0) is 75.4 Å². The van der Waals surface area contributed by atoms with Gasteiger partial charge in [-0.15, -0.1) is 0 Å². The molecule has 4 fully saturated rings. The lowest BCUT2D eigenvalue weighted by atomic mass is 9.73. The van der Waals surface area contributed by atoms with E-state index in [1.165, 1.54) is 27.9 Å². The number of rotatable bonds is 7. The van der Waals surface area contributed by atoms with Crippen LogP contribution in [0.25, 0.3) is 0 Å². The first-order valence-corrected chi connectivity index (χ1v) is 18.7. The number of hydrogen-bond acceptors (Lipinski definition) is 14. The predicted octanol–water partition coefficient (Wildman–Crippen LogP) is 2.04. The molecule has 4 aliphatic heterocycles. The van der Waals surface area contributed by atoms with Crippen LogP contribution in [0.2, 0.25) is 0 Å². The molecule has 0 aromatic heterocycles. The summed E-state index contributed by atoms with van der Waals surface area (Å²) in [5, 5.41) is 58.0. The van der Waals surface area contributed by atoms with Crippen molar-refractivity contribution in [2.45, 2.75) is 191 Å². The third-order valence-electron chi connectivity index (χ3n) is 12.6. The van der Waals surface area contributed by atoms with Crippen LogP contribution < -0.4 is 0 Å². The number of fused-ring (bicyclic) bond motifs is 2. The van der Waals surface area contributed by atoms with Crippen LogP contribution in [0.4, 0.5) is 4.39 Å². The highest BCUT2D eigenvalue weighted by molar-refractivity contribution is 5.73. The molecule has 0 aliphatic carbocycles. The van der Waals surface area contributed by atoms with Crippen molar-refractivity contribution >= 4 is 5.97 Å². The topological polar surface area (TPSA) is 186 Å². The van der Waals surface area contributed by atoms with Crippen molar-refractivity contribution in [2.24, 2.45) is 17.8 Å². The van der Waals surface area contributed by atoms with E-state index in [1.807, 2.05) is 25.9 Å². The van der Waals surface area contributed by atoms with Crippen LogP contribution in [0.5, 0.6) is 0 Å². The Balaban J connectivity index is 1.90. The molecule has 0 radical (unpaired) electrons. The molecule has 4 heterocycles. The Morgan fingerprint density at radius 1 is 0.962 bits per heavy atom. The molecule has 4 saturated heterocycles. The van der Waals surface area contributed by atoms with Crippen molar-refractivity contribution in [1.82, 2.24) is 4.90 Å². The van der Waals surface area contributed by atoms with Crippen LogP contribution >= 0.6 is 0 Å². The second-order valence-corrected chi connectivity index (χ2v) is 17.1. The van der Waals surface area contributed by atoms with Gasteiger partial charge in [-0.2, -0.15) is 0 Å². The quantitative estimate of drug-likeness (QED) is 0.238. The van der Waals surface area contributed by atoms with Gasteiger partial charge in [0, 0.05) is 37.8 Å². The third-order valence-corrected chi connectivity index (χ3v) is 12.6. The number of esters is 1. The van der Waals surface area contributed by atoms with E-state index in [-0.39, 0.29) is 25.0 Å². The van der Waals surface area contributed by atoms with E-state index in [4.69, 9.17) is 33.2 Å². The zero-order chi connectivity index (χ0) is 39.5. The van der Waals surface area contributed by atoms with Crippen molar-refractivity contribution in [3.05, 3.63) is 0 Å². The fourth-order valence-electron chi connectivity index (χ4n) is 9.18. The number of hydrogen-bond donors (Lipinski definition) is 5. The van der Waals surface area contributed by atoms with Gasteiger partial charge in [-0.25, -0.2) is 4.39 Å². The van der Waals surface area contributed by atoms with E-state index < -0.39 is 114 Å². The highest BCUT2D eigenvalue weighted by Crippen LogP contribution is 2.55. The number of aliphatic hydroxyl groups is 5. The monoisotopic (exact) mass is 751 g/mol. The van der Waals surface area contributed by atoms with Crippen LogP contribution in [-0.2, 0) is 38.0 Å². The van der Waals surface area contributed by atoms with Crippen molar-refractivity contribution < 1.29 is 67.9 Å². The minimum Gasteiger partial charge on any atom is -0.459 e. The molecular weight excluding hydrogens is 685 g/mol. The molecule has 14 nitrogen and oxygen atoms in total. The standard InChI is InChI=1S/C37H66FNO13/c1-14-24-36(10,44)28(41)21(5)37(45)35(9,38)17-34(8,52-37)30(51-32-26(40)23(39(11)12)15-18(2)47-32)19(3)27(20(4)31(43)49-24)50-25-16-33(7,46-13)29(42)22(6)48-25/h18-30,32,40-42,44-45H,14-17H2,1-13H3/t18-,19+,20-,21-,22+,23+,24-,25?,26-,27+,28-,29+,30-,32+,33-,34?,35+,36-,37-/m1/s1. The van der Waals surface area contributed by atoms with Gasteiger partial charge >= 0.3 is 5.97 Å². The van der Waals surface area contributed by atoms with Crippen molar-refractivity contribution in [1.29, 1.82) is 0 Å². The van der Waals surface area contributed by atoms with E-state index in [2.05, 4.69) is 0 Å². The van der Waals surface area contributed by atoms with E-state index in [9.17, 15) is 30.3 Å². The van der Waals surface area contributed by atoms with Crippen LogP contribution in [0, 0.1) is 17.8 Å². The Bertz CT molecular complexity index is 1240. The molecule has 0 aromatic rings. The van der Waals surface area contributed by atoms with E-state index in [0.29, 0.717) is 6.42 Å². The zero-order valence-corrected chi connectivity index (χ0v) is 33.2. The van der Waals surface area contributed by atoms with Crippen molar-refractivity contribution in [2.75, 3.05) is 21.2 Å². The van der Waals surface area contributed by atoms with Crippen LogP contribution in [0.3, 0.4) is 0 Å². The minimum absolute atomic E-state index is 0.0708. The summed E-state index contributed by atoms with van der Waals surface area (Å²) in [6, 6.07) is -0.362. The lowest BCUT2D eigenvalue weighted by Gasteiger charge is -2.48. The van der Waals surface area contributed by atoms with Gasteiger partial charge in [0.05, 0.1) is 47.6 Å². The lowest BCUT2D eigenvalue weighted by molar-refractivity contribution is -0.345. The van der Waals surface area contributed by atoms with Gasteiger partial charge in [-0.3, -0.25) is 4.79 Å². The van der Waals surface area contributed by atoms with Crippen LogP contribution in [0.1, 0.15) is 94.9 Å². The summed E-state index contributed by atoms with van der Waals surface area (Å²) in [6.45, 7) is 15.6. The number of halogens is 1.